The van der Waals surface area contributed by atoms with Gasteiger partial charge in [-0.05, 0) is 90.4 Å². The number of hydrogen-bond acceptors (Lipinski definition) is 26. The predicted molar refractivity (Wildman–Crippen MR) is 386 cm³/mol. The van der Waals surface area contributed by atoms with Crippen molar-refractivity contribution in [3.8, 4) is 0 Å². The number of carbonyl (C=O) groups is 8. The van der Waals surface area contributed by atoms with Crippen molar-refractivity contribution in [2.45, 2.75) is 220 Å². The van der Waals surface area contributed by atoms with E-state index in [9.17, 15) is 89.4 Å². The zero-order valence-electron chi connectivity index (χ0n) is 61.4. The maximum absolute atomic E-state index is 14.4. The van der Waals surface area contributed by atoms with Crippen LogP contribution in [0, 0.1) is 17.8 Å². The second-order valence-electron chi connectivity index (χ2n) is 27.4. The van der Waals surface area contributed by atoms with E-state index in [4.69, 9.17) is 39.4 Å². The maximum Gasteiger partial charge on any atom is 0.321 e. The van der Waals surface area contributed by atoms with Crippen molar-refractivity contribution in [1.29, 1.82) is 0 Å². The van der Waals surface area contributed by atoms with Crippen molar-refractivity contribution in [2.75, 3.05) is 59.7 Å². The van der Waals surface area contributed by atoms with Crippen molar-refractivity contribution in [1.82, 2.24) is 20.4 Å². The SMILES string of the molecule is CNC(CC(=O)O)C(=O)O.CNC(CC(=O)O)C(=O)O.CNc1ccc(C(=O)CC(O)CCC(C)C2OC(=O)CC(O)CC(=O)CC(O)CC(O)CC(O)CC(O)CC3(O)CC(O)C(C(=O)N4CCN(C)CC4)C(CC(O[C@@H]4O[C@H](C)[C@@H](O)[C@H]([NH3+])[C@@H]4O)/C=C/C=C/C=C/C=C/C=C/C=C/C=C/C2C)O3)cc1. The molecule has 4 aliphatic rings. The van der Waals surface area contributed by atoms with Gasteiger partial charge in [0, 0.05) is 88.9 Å². The van der Waals surface area contributed by atoms with Gasteiger partial charge < -0.3 is 122 Å². The smallest absolute Gasteiger partial charge is 0.321 e. The van der Waals surface area contributed by atoms with Gasteiger partial charge in [-0.2, -0.15) is 0 Å². The summed E-state index contributed by atoms with van der Waals surface area (Å²) in [5, 5.41) is 152. The molecule has 1 aromatic rings. The van der Waals surface area contributed by atoms with Gasteiger partial charge in [-0.15, -0.1) is 0 Å². The lowest BCUT2D eigenvalue weighted by atomic mass is 9.81. The standard InChI is InChI=1S/C64H96N4O18.2C5H9NO4/c1-40-18-16-14-12-10-8-6-7-9-11-13-15-17-19-52(84-63-60(80)58(65)59(79)42(3)83-63)37-55-57(62(81)68-28-26-67(5)27-29-68)54(77)39-64(82,86-55)38-51(75)34-49(73)32-47(71)30-46(70)31-48(72)33-50(74)36-56(78)85-61(40)41(2)20-25-45(69)35-53(76)43-21-23-44(66-4)24-22-43;2*1-6-3(5(9)10)2-4(7)8/h6-19,21-24,40-42,45-47,49-52,54-55,57-61,63,66,69-71,73-75,77,79-80,82H,20,25-39,65H2,1-5H3;2*3,6H,2H2,1H3,(H,7,8)(H,9,10)/p+1/b7-6+,10-8+,11-9+,14-12+,15-13+,18-16+,19-17+;;/t40?,41?,42-,45?,46?,47?,49?,50?,51?,52?,54?,55?,57?,58+,59-,60+,61?,63+,64?;;/m1../s1. The molecule has 0 radical (unpaired) electrons. The van der Waals surface area contributed by atoms with Gasteiger partial charge in [-0.3, -0.25) is 38.4 Å². The van der Waals surface area contributed by atoms with E-state index in [1.807, 2.05) is 45.2 Å². The molecule has 5 rings (SSSR count). The molecule has 32 heteroatoms. The highest BCUT2D eigenvalue weighted by atomic mass is 16.7. The monoisotopic (exact) mass is 1500 g/mol. The van der Waals surface area contributed by atoms with E-state index < -0.39 is 208 Å². The van der Waals surface area contributed by atoms with E-state index in [1.165, 1.54) is 14.1 Å². The first kappa shape index (κ1) is 92.9. The lowest BCUT2D eigenvalue weighted by Gasteiger charge is -2.47. The first-order valence-electron chi connectivity index (χ1n) is 35.6. The number of amides is 1. The van der Waals surface area contributed by atoms with Gasteiger partial charge in [0.1, 0.15) is 36.1 Å². The highest BCUT2D eigenvalue weighted by Crippen LogP contribution is 2.39. The molecule has 3 fully saturated rings. The number of allylic oxidation sites excluding steroid dienone is 12. The Bertz CT molecular complexity index is 3070. The van der Waals surface area contributed by atoms with E-state index >= 15 is 0 Å². The van der Waals surface area contributed by atoms with Crippen LogP contribution in [-0.2, 0) is 52.5 Å². The minimum atomic E-state index is -2.26. The fraction of sp³-hybridized carbons (Fsp3) is 0.622. The number of hydrogen-bond donors (Lipinski definition) is 18. The number of cyclic esters (lactones) is 1. The maximum atomic E-state index is 14.4. The van der Waals surface area contributed by atoms with Crippen LogP contribution in [0.5, 0.6) is 0 Å². The van der Waals surface area contributed by atoms with Gasteiger partial charge in [-0.25, -0.2) is 0 Å². The summed E-state index contributed by atoms with van der Waals surface area (Å²) in [4.78, 5) is 97.7. The second kappa shape index (κ2) is 48.2. The zero-order valence-corrected chi connectivity index (χ0v) is 61.4. The molecule has 16 unspecified atom stereocenters. The second-order valence-corrected chi connectivity index (χ2v) is 27.4. The van der Waals surface area contributed by atoms with E-state index in [2.05, 4.69) is 26.6 Å². The zero-order chi connectivity index (χ0) is 79.4. The van der Waals surface area contributed by atoms with Crippen LogP contribution in [0.1, 0.15) is 121 Å². The number of anilines is 1. The fourth-order valence-electron chi connectivity index (χ4n) is 12.3. The third kappa shape index (κ3) is 34.7. The van der Waals surface area contributed by atoms with Gasteiger partial charge in [-0.1, -0.05) is 98.9 Å². The third-order valence-electron chi connectivity index (χ3n) is 18.3. The lowest BCUT2D eigenvalue weighted by molar-refractivity contribution is -0.488. The summed E-state index contributed by atoms with van der Waals surface area (Å²) in [5.74, 6) is -10.7. The molecule has 0 spiro atoms. The van der Waals surface area contributed by atoms with E-state index in [-0.39, 0.29) is 49.7 Å². The number of nitrogens with zero attached hydrogens (tertiary/aromatic N) is 2. The number of ketones is 2. The first-order valence-corrected chi connectivity index (χ1v) is 35.6. The molecule has 106 heavy (non-hydrogen) atoms. The number of ether oxygens (including phenoxy) is 4. The molecule has 4 heterocycles. The molecule has 1 aromatic carbocycles. The van der Waals surface area contributed by atoms with Crippen LogP contribution >= 0.6 is 0 Å². The van der Waals surface area contributed by atoms with E-state index in [0.29, 0.717) is 38.2 Å². The Morgan fingerprint density at radius 1 is 0.632 bits per heavy atom. The molecule has 596 valence electrons. The van der Waals surface area contributed by atoms with Crippen molar-refractivity contribution in [2.24, 2.45) is 17.8 Å². The van der Waals surface area contributed by atoms with Crippen LogP contribution in [0.4, 0.5) is 5.69 Å². The minimum Gasteiger partial charge on any atom is -0.481 e. The highest BCUT2D eigenvalue weighted by molar-refractivity contribution is 5.96. The molecule has 1 amide bonds. The number of quaternary nitrogens is 1. The number of rotatable bonds is 19. The summed E-state index contributed by atoms with van der Waals surface area (Å²) in [6, 6.07) is 4.07. The molecular formula is C74H115N6O26+. The predicted octanol–water partition coefficient (Wildman–Crippen LogP) is -0.0141. The topological polar surface area (TPSA) is 527 Å². The Kier molecular flexibility index (Phi) is 42.2. The van der Waals surface area contributed by atoms with Gasteiger partial charge in [0.25, 0.3) is 0 Å². The number of fused-ring (bicyclic) bond motifs is 2. The number of carboxylic acids is 4. The molecule has 20 N–H and O–H groups in total. The Labute approximate surface area is 618 Å². The lowest BCUT2D eigenvalue weighted by Crippen LogP contribution is -2.78. The number of esters is 1. The summed E-state index contributed by atoms with van der Waals surface area (Å²) in [6.07, 6.45) is 3.49. The van der Waals surface area contributed by atoms with Crippen LogP contribution in [0.3, 0.4) is 0 Å². The molecule has 21 atom stereocenters. The average Bonchev–Trinajstić information content (AvgIpc) is 0.775. The summed E-state index contributed by atoms with van der Waals surface area (Å²) in [7, 11) is 6.51. The molecule has 3 saturated heterocycles. The summed E-state index contributed by atoms with van der Waals surface area (Å²) < 4.78 is 24.6. The molecule has 32 nitrogen and oxygen atoms in total. The van der Waals surface area contributed by atoms with Crippen LogP contribution in [0.2, 0.25) is 0 Å². The Morgan fingerprint density at radius 2 is 1.13 bits per heavy atom. The number of Topliss-reactive ketones (excluding diaryl/α,β-unsaturated/α-hetero) is 2. The van der Waals surface area contributed by atoms with Gasteiger partial charge in [0.05, 0.1) is 86.2 Å². The number of carboxylic acid groups (broad SMARTS) is 4. The number of piperazine rings is 1. The van der Waals surface area contributed by atoms with Crippen LogP contribution in [0.15, 0.2) is 109 Å². The summed E-state index contributed by atoms with van der Waals surface area (Å²) in [6.45, 7) is 7.23. The van der Waals surface area contributed by atoms with Gasteiger partial charge in [0.15, 0.2) is 24.0 Å². The molecule has 0 aliphatic carbocycles. The Balaban J connectivity index is 0.00000127. The number of aliphatic hydroxyl groups is 10. The molecule has 2 bridgehead atoms. The van der Waals surface area contributed by atoms with Gasteiger partial charge in [0.2, 0.25) is 5.91 Å². The molecule has 0 saturated carbocycles. The van der Waals surface area contributed by atoms with Crippen LogP contribution in [-0.4, -0.2) is 293 Å². The van der Waals surface area contributed by atoms with Crippen molar-refractivity contribution in [3.63, 3.8) is 0 Å². The minimum absolute atomic E-state index is 0.0998. The van der Waals surface area contributed by atoms with Crippen molar-refractivity contribution < 1.29 is 135 Å². The average molecular weight is 1500 g/mol. The Morgan fingerprint density at radius 3 is 1.63 bits per heavy atom. The molecule has 0 aromatic heterocycles. The van der Waals surface area contributed by atoms with Gasteiger partial charge >= 0.3 is 29.8 Å². The number of aliphatic carboxylic acids is 4. The number of benzene rings is 1. The van der Waals surface area contributed by atoms with Crippen LogP contribution < -0.4 is 21.7 Å². The van der Waals surface area contributed by atoms with E-state index in [0.717, 1.165) is 5.69 Å². The van der Waals surface area contributed by atoms with Crippen LogP contribution in [0.25, 0.3) is 0 Å². The Hall–Kier alpha value is -7.32. The summed E-state index contributed by atoms with van der Waals surface area (Å²) >= 11 is 0. The van der Waals surface area contributed by atoms with E-state index in [1.54, 1.807) is 104 Å². The van der Waals surface area contributed by atoms with Crippen molar-refractivity contribution in [3.05, 3.63) is 115 Å². The third-order valence-corrected chi connectivity index (χ3v) is 18.3. The first-order chi connectivity index (χ1) is 50.0. The van der Waals surface area contributed by atoms with Crippen molar-refractivity contribution >= 4 is 53.0 Å². The summed E-state index contributed by atoms with van der Waals surface area (Å²) in [5.41, 5.74) is 5.23. The fourth-order valence-corrected chi connectivity index (χ4v) is 12.3. The highest BCUT2D eigenvalue weighted by Gasteiger charge is 2.52. The quantitative estimate of drug-likeness (QED) is 0.0639. The number of carbonyl (C=O) groups excluding carboxylic acids is 4. The largest absolute Gasteiger partial charge is 0.481 e. The number of likely N-dealkylation sites (N-methyl/N-ethyl adjacent to an activating group) is 3. The number of aliphatic hydroxyl groups excluding tert-OH is 9. The molecular weight excluding hydrogens is 1390 g/mol. The number of nitrogens with one attached hydrogen (secondary N) is 3. The normalized spacial score (nSPS) is 32.8. The molecule has 4 aliphatic heterocycles.